The minimum Gasteiger partial charge on any atom is -0.340 e. The Bertz CT molecular complexity index is 445. The Morgan fingerprint density at radius 3 is 2.50 bits per heavy atom. The number of carbonyl (C=O) groups excluding carboxylic acids is 1. The average molecular weight is 242 g/mol. The maximum Gasteiger partial charge on any atom is 0.243 e. The molecule has 0 atom stereocenters. The van der Waals surface area contributed by atoms with Gasteiger partial charge in [0.1, 0.15) is 5.41 Å². The Balaban J connectivity index is 2.07. The molecule has 1 heterocycles. The normalized spacial score (nSPS) is 26.6. The van der Waals surface area contributed by atoms with Crippen LogP contribution in [0.1, 0.15) is 19.3 Å². The number of hydrogen-bond donors (Lipinski definition) is 0. The third kappa shape index (κ3) is 2.05. The van der Waals surface area contributed by atoms with Gasteiger partial charge in [0.05, 0.1) is 17.6 Å². The van der Waals surface area contributed by atoms with Gasteiger partial charge in [0, 0.05) is 13.1 Å². The van der Waals surface area contributed by atoms with Crippen LogP contribution >= 0.6 is 0 Å². The van der Waals surface area contributed by atoms with Gasteiger partial charge in [0.15, 0.2) is 9.84 Å². The summed E-state index contributed by atoms with van der Waals surface area (Å²) in [5, 5.41) is 8.91. The van der Waals surface area contributed by atoms with Crippen molar-refractivity contribution in [3.8, 4) is 6.07 Å². The smallest absolute Gasteiger partial charge is 0.243 e. The van der Waals surface area contributed by atoms with Crippen LogP contribution in [0.5, 0.6) is 0 Å². The largest absolute Gasteiger partial charge is 0.340 e. The van der Waals surface area contributed by atoms with Crippen molar-refractivity contribution in [3.05, 3.63) is 0 Å². The molecule has 6 heteroatoms. The second-order valence-corrected chi connectivity index (χ2v) is 6.80. The van der Waals surface area contributed by atoms with Gasteiger partial charge in [-0.05, 0) is 19.3 Å². The molecule has 1 aliphatic heterocycles. The summed E-state index contributed by atoms with van der Waals surface area (Å²) in [5.41, 5.74) is -0.825. The van der Waals surface area contributed by atoms with E-state index in [2.05, 4.69) is 0 Å². The van der Waals surface area contributed by atoms with Crippen molar-refractivity contribution in [2.45, 2.75) is 19.3 Å². The third-order valence-corrected chi connectivity index (χ3v) is 4.93. The molecule has 1 saturated heterocycles. The first kappa shape index (κ1) is 11.4. The maximum atomic E-state index is 12.0. The molecule has 0 N–H and O–H groups in total. The van der Waals surface area contributed by atoms with Crippen molar-refractivity contribution in [1.29, 1.82) is 5.26 Å². The molecule has 0 unspecified atom stereocenters. The van der Waals surface area contributed by atoms with Gasteiger partial charge in [-0.1, -0.05) is 0 Å². The van der Waals surface area contributed by atoms with Crippen molar-refractivity contribution in [2.75, 3.05) is 24.6 Å². The Labute approximate surface area is 95.0 Å². The van der Waals surface area contributed by atoms with E-state index in [9.17, 15) is 13.2 Å². The fourth-order valence-electron chi connectivity index (χ4n) is 1.94. The standard InChI is InChI=1S/C10H14N2O3S/c11-8-10(2-3-10)9(13)12-4-1-6-16(14,15)7-5-12/h1-7H2. The number of rotatable bonds is 1. The lowest BCUT2D eigenvalue weighted by atomic mass is 10.1. The molecule has 0 aromatic carbocycles. The quantitative estimate of drug-likeness (QED) is 0.645. The highest BCUT2D eigenvalue weighted by atomic mass is 32.2. The van der Waals surface area contributed by atoms with E-state index in [0.29, 0.717) is 25.8 Å². The topological polar surface area (TPSA) is 78.2 Å². The summed E-state index contributed by atoms with van der Waals surface area (Å²) in [7, 11) is -2.99. The molecular formula is C10H14N2O3S. The molecule has 2 rings (SSSR count). The van der Waals surface area contributed by atoms with E-state index in [1.54, 1.807) is 4.90 Å². The maximum absolute atomic E-state index is 12.0. The Hall–Kier alpha value is -1.09. The van der Waals surface area contributed by atoms with Gasteiger partial charge in [-0.2, -0.15) is 5.26 Å². The highest BCUT2D eigenvalue weighted by Gasteiger charge is 2.52. The second kappa shape index (κ2) is 3.74. The van der Waals surface area contributed by atoms with Crippen LogP contribution in [0.4, 0.5) is 0 Å². The summed E-state index contributed by atoms with van der Waals surface area (Å²) in [4.78, 5) is 13.5. The van der Waals surface area contributed by atoms with Crippen LogP contribution in [0.25, 0.3) is 0 Å². The summed E-state index contributed by atoms with van der Waals surface area (Å²) in [6.45, 7) is 0.700. The van der Waals surface area contributed by atoms with Crippen molar-refractivity contribution >= 4 is 15.7 Å². The molecule has 2 aliphatic rings. The molecule has 2 fully saturated rings. The molecule has 16 heavy (non-hydrogen) atoms. The minimum absolute atomic E-state index is 0.0280. The number of amides is 1. The van der Waals surface area contributed by atoms with Gasteiger partial charge in [-0.25, -0.2) is 8.42 Å². The fourth-order valence-corrected chi connectivity index (χ4v) is 3.21. The Morgan fingerprint density at radius 2 is 1.94 bits per heavy atom. The SMILES string of the molecule is N#CC1(C(=O)N2CCCS(=O)(=O)CC2)CC1. The molecule has 0 aromatic rings. The number of nitriles is 1. The lowest BCUT2D eigenvalue weighted by molar-refractivity contribution is -0.134. The number of carbonyl (C=O) groups is 1. The molecule has 0 radical (unpaired) electrons. The molecule has 0 aromatic heterocycles. The first-order chi connectivity index (χ1) is 7.49. The van der Waals surface area contributed by atoms with Crippen LogP contribution in [-0.2, 0) is 14.6 Å². The monoisotopic (exact) mass is 242 g/mol. The van der Waals surface area contributed by atoms with Crippen LogP contribution in [0, 0.1) is 16.7 Å². The van der Waals surface area contributed by atoms with E-state index in [-0.39, 0.29) is 24.0 Å². The number of hydrogen-bond acceptors (Lipinski definition) is 4. The average Bonchev–Trinajstić information content (AvgIpc) is 3.02. The van der Waals surface area contributed by atoms with E-state index < -0.39 is 15.3 Å². The van der Waals surface area contributed by atoms with Gasteiger partial charge < -0.3 is 4.90 Å². The Morgan fingerprint density at radius 1 is 1.25 bits per heavy atom. The molecule has 0 spiro atoms. The molecule has 1 saturated carbocycles. The second-order valence-electron chi connectivity index (χ2n) is 4.49. The zero-order chi connectivity index (χ0) is 11.8. The summed E-state index contributed by atoms with van der Waals surface area (Å²) in [6, 6.07) is 2.05. The van der Waals surface area contributed by atoms with E-state index in [1.807, 2.05) is 6.07 Å². The van der Waals surface area contributed by atoms with E-state index in [0.717, 1.165) is 0 Å². The molecule has 88 valence electrons. The lowest BCUT2D eigenvalue weighted by Crippen LogP contribution is -2.38. The predicted octanol–water partition coefficient (Wildman–Crippen LogP) is -0.0627. The summed E-state index contributed by atoms with van der Waals surface area (Å²) in [6.07, 6.45) is 1.72. The molecular weight excluding hydrogens is 228 g/mol. The zero-order valence-electron chi connectivity index (χ0n) is 8.98. The van der Waals surface area contributed by atoms with E-state index >= 15 is 0 Å². The molecule has 1 amide bonds. The molecule has 1 aliphatic carbocycles. The lowest BCUT2D eigenvalue weighted by Gasteiger charge is -2.21. The number of sulfone groups is 1. The summed E-state index contributed by atoms with van der Waals surface area (Å²) >= 11 is 0. The van der Waals surface area contributed by atoms with Crippen LogP contribution in [0.15, 0.2) is 0 Å². The fraction of sp³-hybridized carbons (Fsp3) is 0.800. The van der Waals surface area contributed by atoms with Crippen molar-refractivity contribution in [3.63, 3.8) is 0 Å². The van der Waals surface area contributed by atoms with Crippen molar-refractivity contribution in [1.82, 2.24) is 4.90 Å². The first-order valence-corrected chi connectivity index (χ1v) is 7.22. The van der Waals surface area contributed by atoms with Gasteiger partial charge in [0.2, 0.25) is 5.91 Å². The van der Waals surface area contributed by atoms with Gasteiger partial charge in [-0.3, -0.25) is 4.79 Å². The van der Waals surface area contributed by atoms with Crippen molar-refractivity contribution < 1.29 is 13.2 Å². The van der Waals surface area contributed by atoms with Crippen LogP contribution in [0.3, 0.4) is 0 Å². The van der Waals surface area contributed by atoms with E-state index in [4.69, 9.17) is 5.26 Å². The summed E-state index contributed by atoms with van der Waals surface area (Å²) < 4.78 is 22.7. The van der Waals surface area contributed by atoms with Crippen LogP contribution in [-0.4, -0.2) is 43.8 Å². The van der Waals surface area contributed by atoms with Crippen LogP contribution in [0.2, 0.25) is 0 Å². The zero-order valence-corrected chi connectivity index (χ0v) is 9.79. The van der Waals surface area contributed by atoms with Crippen LogP contribution < -0.4 is 0 Å². The summed E-state index contributed by atoms with van der Waals surface area (Å²) in [5.74, 6) is 0.00318. The highest BCUT2D eigenvalue weighted by molar-refractivity contribution is 7.91. The highest BCUT2D eigenvalue weighted by Crippen LogP contribution is 2.46. The van der Waals surface area contributed by atoms with E-state index in [1.165, 1.54) is 0 Å². The Kier molecular flexibility index (Phi) is 2.66. The predicted molar refractivity (Wildman–Crippen MR) is 57.1 cm³/mol. The third-order valence-electron chi connectivity index (χ3n) is 3.22. The van der Waals surface area contributed by atoms with Gasteiger partial charge in [-0.15, -0.1) is 0 Å². The van der Waals surface area contributed by atoms with Gasteiger partial charge in [0.25, 0.3) is 0 Å². The molecule has 0 bridgehead atoms. The first-order valence-electron chi connectivity index (χ1n) is 5.40. The molecule has 5 nitrogen and oxygen atoms in total. The number of nitrogens with zero attached hydrogens (tertiary/aromatic N) is 2. The minimum atomic E-state index is -2.99. The van der Waals surface area contributed by atoms with Gasteiger partial charge >= 0.3 is 0 Å². The van der Waals surface area contributed by atoms with Crippen molar-refractivity contribution in [2.24, 2.45) is 5.41 Å².